The second-order valence-electron chi connectivity index (χ2n) is 4.79. The summed E-state index contributed by atoms with van der Waals surface area (Å²) in [6.07, 6.45) is 2.14. The van der Waals surface area contributed by atoms with Crippen LogP contribution in [0.4, 0.5) is 4.39 Å². The maximum absolute atomic E-state index is 13.3. The van der Waals surface area contributed by atoms with Crippen LogP contribution in [-0.2, 0) is 6.42 Å². The Bertz CT molecular complexity index is 688. The maximum atomic E-state index is 13.3. The lowest BCUT2D eigenvalue weighted by molar-refractivity contribution is 0.560. The van der Waals surface area contributed by atoms with E-state index in [0.717, 1.165) is 22.9 Å². The first kappa shape index (κ1) is 13.7. The second-order valence-corrected chi connectivity index (χ2v) is 6.94. The Morgan fingerprint density at radius 2 is 2.15 bits per heavy atom. The minimum absolute atomic E-state index is 0.162. The molecule has 0 aliphatic rings. The van der Waals surface area contributed by atoms with Gasteiger partial charge in [-0.05, 0) is 54.9 Å². The molecule has 2 heterocycles. The zero-order chi connectivity index (χ0) is 13.9. The third-order valence-electron chi connectivity index (χ3n) is 3.45. The summed E-state index contributed by atoms with van der Waals surface area (Å²) in [4.78, 5) is 2.70. The lowest BCUT2D eigenvalue weighted by Crippen LogP contribution is -2.15. The summed E-state index contributed by atoms with van der Waals surface area (Å²) >= 11 is 3.49. The predicted octanol–water partition coefficient (Wildman–Crippen LogP) is 5.00. The van der Waals surface area contributed by atoms with Gasteiger partial charge in [-0.3, -0.25) is 0 Å². The van der Waals surface area contributed by atoms with E-state index < -0.39 is 0 Å². The number of nitrogens with one attached hydrogen (secondary N) is 1. The van der Waals surface area contributed by atoms with E-state index >= 15 is 0 Å². The molecule has 0 bridgehead atoms. The number of hydrogen-bond acceptors (Lipinski definition) is 3. The predicted molar refractivity (Wildman–Crippen MR) is 86.2 cm³/mol. The summed E-state index contributed by atoms with van der Waals surface area (Å²) in [5, 5.41) is 6.62. The third-order valence-corrected chi connectivity index (χ3v) is 5.60. The van der Waals surface area contributed by atoms with Crippen molar-refractivity contribution < 1.29 is 4.39 Å². The number of fused-ring (bicyclic) bond motifs is 1. The van der Waals surface area contributed by atoms with E-state index in [0.29, 0.717) is 6.04 Å². The molecule has 0 saturated heterocycles. The molecule has 0 amide bonds. The highest BCUT2D eigenvalue weighted by atomic mass is 32.1. The van der Waals surface area contributed by atoms with Crippen molar-refractivity contribution in [3.05, 3.63) is 57.3 Å². The first-order valence-electron chi connectivity index (χ1n) is 6.65. The largest absolute Gasteiger partial charge is 0.312 e. The minimum atomic E-state index is -0.162. The molecule has 104 valence electrons. The fourth-order valence-electron chi connectivity index (χ4n) is 2.37. The van der Waals surface area contributed by atoms with Gasteiger partial charge in [0, 0.05) is 20.5 Å². The standard InChI is InChI=1S/C16H16FNS2/c1-18-14(7-6-13-3-2-8-19-13)16-9-11-4-5-12(17)10-15(11)20-16/h2-5,8-10,14,18H,6-7H2,1H3. The van der Waals surface area contributed by atoms with Crippen molar-refractivity contribution in [2.75, 3.05) is 7.05 Å². The molecule has 0 fully saturated rings. The number of thiophene rings is 2. The van der Waals surface area contributed by atoms with Gasteiger partial charge in [-0.2, -0.15) is 0 Å². The van der Waals surface area contributed by atoms with Crippen LogP contribution < -0.4 is 5.32 Å². The molecule has 1 aromatic carbocycles. The molecular formula is C16H16FNS2. The van der Waals surface area contributed by atoms with Crippen LogP contribution >= 0.6 is 22.7 Å². The van der Waals surface area contributed by atoms with Crippen molar-refractivity contribution >= 4 is 32.8 Å². The van der Waals surface area contributed by atoms with Gasteiger partial charge in [0.25, 0.3) is 0 Å². The molecular weight excluding hydrogens is 289 g/mol. The van der Waals surface area contributed by atoms with Gasteiger partial charge in [0.05, 0.1) is 0 Å². The highest BCUT2D eigenvalue weighted by Crippen LogP contribution is 2.32. The Morgan fingerprint density at radius 1 is 1.25 bits per heavy atom. The molecule has 20 heavy (non-hydrogen) atoms. The van der Waals surface area contributed by atoms with Gasteiger partial charge in [-0.1, -0.05) is 12.1 Å². The highest BCUT2D eigenvalue weighted by molar-refractivity contribution is 7.19. The van der Waals surface area contributed by atoms with Crippen LogP contribution in [-0.4, -0.2) is 7.05 Å². The highest BCUT2D eigenvalue weighted by Gasteiger charge is 2.13. The number of halogens is 1. The molecule has 1 atom stereocenters. The molecule has 0 saturated carbocycles. The lowest BCUT2D eigenvalue weighted by atomic mass is 10.1. The van der Waals surface area contributed by atoms with Crippen molar-refractivity contribution in [1.82, 2.24) is 5.32 Å². The summed E-state index contributed by atoms with van der Waals surface area (Å²) in [5.74, 6) is -0.162. The first-order chi connectivity index (χ1) is 9.76. The summed E-state index contributed by atoms with van der Waals surface area (Å²) < 4.78 is 14.3. The molecule has 2 aromatic heterocycles. The maximum Gasteiger partial charge on any atom is 0.124 e. The van der Waals surface area contributed by atoms with Gasteiger partial charge in [-0.25, -0.2) is 4.39 Å². The Labute approximate surface area is 126 Å². The third kappa shape index (κ3) is 2.92. The van der Waals surface area contributed by atoms with Gasteiger partial charge in [-0.15, -0.1) is 22.7 Å². The number of aryl methyl sites for hydroxylation is 1. The molecule has 1 unspecified atom stereocenters. The lowest BCUT2D eigenvalue weighted by Gasteiger charge is -2.13. The van der Waals surface area contributed by atoms with E-state index in [1.165, 1.54) is 15.8 Å². The van der Waals surface area contributed by atoms with Crippen molar-refractivity contribution in [3.8, 4) is 0 Å². The van der Waals surface area contributed by atoms with Gasteiger partial charge >= 0.3 is 0 Å². The van der Waals surface area contributed by atoms with Crippen molar-refractivity contribution in [1.29, 1.82) is 0 Å². The van der Waals surface area contributed by atoms with Crippen LogP contribution in [0, 0.1) is 5.82 Å². The average molecular weight is 305 g/mol. The monoisotopic (exact) mass is 305 g/mol. The van der Waals surface area contributed by atoms with E-state index in [2.05, 4.69) is 28.9 Å². The van der Waals surface area contributed by atoms with Crippen LogP contribution in [0.5, 0.6) is 0 Å². The summed E-state index contributed by atoms with van der Waals surface area (Å²) in [5.41, 5.74) is 0. The van der Waals surface area contributed by atoms with Gasteiger partial charge in [0.15, 0.2) is 0 Å². The Balaban J connectivity index is 1.79. The molecule has 0 radical (unpaired) electrons. The van der Waals surface area contributed by atoms with Crippen LogP contribution in [0.15, 0.2) is 41.8 Å². The van der Waals surface area contributed by atoms with E-state index in [1.807, 2.05) is 13.1 Å². The zero-order valence-electron chi connectivity index (χ0n) is 11.2. The molecule has 4 heteroatoms. The van der Waals surface area contributed by atoms with Crippen molar-refractivity contribution in [2.45, 2.75) is 18.9 Å². The molecule has 0 aliphatic carbocycles. The number of rotatable bonds is 5. The average Bonchev–Trinajstić information content (AvgIpc) is 3.08. The summed E-state index contributed by atoms with van der Waals surface area (Å²) in [7, 11) is 1.99. The van der Waals surface area contributed by atoms with E-state index in [9.17, 15) is 4.39 Å². The fraction of sp³-hybridized carbons (Fsp3) is 0.250. The molecule has 0 aliphatic heterocycles. The first-order valence-corrected chi connectivity index (χ1v) is 8.34. The molecule has 1 N–H and O–H groups in total. The number of benzene rings is 1. The van der Waals surface area contributed by atoms with E-state index in [-0.39, 0.29) is 5.82 Å². The van der Waals surface area contributed by atoms with Crippen LogP contribution in [0.1, 0.15) is 22.2 Å². The smallest absolute Gasteiger partial charge is 0.124 e. The van der Waals surface area contributed by atoms with Crippen LogP contribution in [0.2, 0.25) is 0 Å². The van der Waals surface area contributed by atoms with Gasteiger partial charge in [0.2, 0.25) is 0 Å². The van der Waals surface area contributed by atoms with Crippen molar-refractivity contribution in [2.24, 2.45) is 0 Å². The SMILES string of the molecule is CNC(CCc1cccs1)c1cc2ccc(F)cc2s1. The Hall–Kier alpha value is -1.23. The van der Waals surface area contributed by atoms with Crippen molar-refractivity contribution in [3.63, 3.8) is 0 Å². The topological polar surface area (TPSA) is 12.0 Å². The van der Waals surface area contributed by atoms with E-state index in [1.54, 1.807) is 28.7 Å². The molecule has 3 aromatic rings. The summed E-state index contributed by atoms with van der Waals surface area (Å²) in [6, 6.07) is 11.8. The van der Waals surface area contributed by atoms with Crippen LogP contribution in [0.3, 0.4) is 0 Å². The fourth-order valence-corrected chi connectivity index (χ4v) is 4.33. The minimum Gasteiger partial charge on any atom is -0.312 e. The van der Waals surface area contributed by atoms with E-state index in [4.69, 9.17) is 0 Å². The normalized spacial score (nSPS) is 12.9. The second kappa shape index (κ2) is 6.04. The van der Waals surface area contributed by atoms with Gasteiger partial charge in [0.1, 0.15) is 5.82 Å². The van der Waals surface area contributed by atoms with Gasteiger partial charge < -0.3 is 5.32 Å². The summed E-state index contributed by atoms with van der Waals surface area (Å²) in [6.45, 7) is 0. The number of hydrogen-bond donors (Lipinski definition) is 1. The zero-order valence-corrected chi connectivity index (χ0v) is 12.9. The Morgan fingerprint density at radius 3 is 2.90 bits per heavy atom. The Kier molecular flexibility index (Phi) is 4.15. The quantitative estimate of drug-likeness (QED) is 0.700. The van der Waals surface area contributed by atoms with Crippen LogP contribution in [0.25, 0.3) is 10.1 Å². The molecule has 0 spiro atoms. The molecule has 1 nitrogen and oxygen atoms in total. The molecule has 3 rings (SSSR count).